The highest BCUT2D eigenvalue weighted by Crippen LogP contribution is 2.31. The molecule has 1 heterocycles. The first-order valence-electron chi connectivity index (χ1n) is 13.0. The van der Waals surface area contributed by atoms with Crippen LogP contribution in [0.1, 0.15) is 0 Å². The minimum Gasteiger partial charge on any atom is -0.508 e. The fourth-order valence-electron chi connectivity index (χ4n) is 4.17. The summed E-state index contributed by atoms with van der Waals surface area (Å²) in [6.07, 6.45) is 0. The molecule has 13 heteroatoms. The Hall–Kier alpha value is -5.56. The number of aromatic hydroxyl groups is 1. The predicted octanol–water partition coefficient (Wildman–Crippen LogP) is 4.95. The monoisotopic (exact) mass is 600 g/mol. The second kappa shape index (κ2) is 12.5. The van der Waals surface area contributed by atoms with Gasteiger partial charge in [-0.05, 0) is 42.5 Å². The van der Waals surface area contributed by atoms with Crippen molar-refractivity contribution in [3.63, 3.8) is 0 Å². The van der Waals surface area contributed by atoms with Crippen LogP contribution in [0.15, 0.2) is 95.9 Å². The van der Waals surface area contributed by atoms with Gasteiger partial charge in [0.1, 0.15) is 17.2 Å². The van der Waals surface area contributed by atoms with Crippen LogP contribution < -0.4 is 30.1 Å². The number of para-hydroxylation sites is 4. The van der Waals surface area contributed by atoms with Crippen LogP contribution in [0, 0.1) is 0 Å². The zero-order chi connectivity index (χ0) is 30.4. The number of anilines is 5. The number of methoxy groups -OCH3 is 2. The molecule has 5 N–H and O–H groups in total. The topological polar surface area (TPSA) is 164 Å². The molecule has 5 rings (SSSR count). The van der Waals surface area contributed by atoms with Crippen molar-refractivity contribution < 1.29 is 27.8 Å². The highest BCUT2D eigenvalue weighted by Gasteiger charge is 2.20. The van der Waals surface area contributed by atoms with Crippen LogP contribution in [0.25, 0.3) is 11.0 Å². The van der Waals surface area contributed by atoms with Gasteiger partial charge in [-0.25, -0.2) is 18.4 Å². The van der Waals surface area contributed by atoms with E-state index in [2.05, 4.69) is 30.6 Å². The third kappa shape index (κ3) is 7.02. The molecule has 0 aliphatic heterocycles. The first-order valence-corrected chi connectivity index (χ1v) is 14.4. The molecule has 1 aromatic heterocycles. The van der Waals surface area contributed by atoms with Crippen LogP contribution >= 0.6 is 0 Å². The molecule has 0 radical (unpaired) electrons. The molecule has 4 aromatic carbocycles. The van der Waals surface area contributed by atoms with Crippen LogP contribution in [0.2, 0.25) is 0 Å². The summed E-state index contributed by atoms with van der Waals surface area (Å²) in [5.41, 5.74) is 2.30. The maximum absolute atomic E-state index is 13.5. The number of fused-ring (bicyclic) bond motifs is 1. The highest BCUT2D eigenvalue weighted by atomic mass is 32.2. The zero-order valence-corrected chi connectivity index (χ0v) is 24.0. The number of aromatic nitrogens is 2. The fourth-order valence-corrected chi connectivity index (χ4v) is 5.22. The van der Waals surface area contributed by atoms with E-state index in [1.54, 1.807) is 48.5 Å². The van der Waals surface area contributed by atoms with Gasteiger partial charge in [0.15, 0.2) is 11.6 Å². The maximum Gasteiger partial charge on any atom is 0.263 e. The predicted molar refractivity (Wildman–Crippen MR) is 165 cm³/mol. The van der Waals surface area contributed by atoms with E-state index in [0.717, 1.165) is 0 Å². The molecular formula is C30H28N6O6S. The van der Waals surface area contributed by atoms with E-state index in [4.69, 9.17) is 9.47 Å². The van der Waals surface area contributed by atoms with Crippen molar-refractivity contribution in [2.45, 2.75) is 4.90 Å². The van der Waals surface area contributed by atoms with Gasteiger partial charge < -0.3 is 30.5 Å². The molecule has 0 spiro atoms. The summed E-state index contributed by atoms with van der Waals surface area (Å²) >= 11 is 0. The van der Waals surface area contributed by atoms with Gasteiger partial charge in [0.25, 0.3) is 10.0 Å². The number of phenols is 1. The summed E-state index contributed by atoms with van der Waals surface area (Å²) in [4.78, 5) is 21.5. The Bertz CT molecular complexity index is 1900. The van der Waals surface area contributed by atoms with Gasteiger partial charge in [0, 0.05) is 29.6 Å². The quantitative estimate of drug-likeness (QED) is 0.140. The number of nitrogens with one attached hydrogen (secondary N) is 4. The molecule has 0 unspecified atom stereocenters. The fraction of sp³-hybridized carbons (Fsp3) is 0.100. The van der Waals surface area contributed by atoms with E-state index in [1.807, 2.05) is 12.1 Å². The van der Waals surface area contributed by atoms with Gasteiger partial charge in [0.05, 0.1) is 42.4 Å². The second-order valence-corrected chi connectivity index (χ2v) is 10.9. The van der Waals surface area contributed by atoms with Gasteiger partial charge in [-0.15, -0.1) is 0 Å². The van der Waals surface area contributed by atoms with Gasteiger partial charge in [-0.3, -0.25) is 9.52 Å². The first kappa shape index (κ1) is 29.0. The van der Waals surface area contributed by atoms with E-state index >= 15 is 0 Å². The van der Waals surface area contributed by atoms with Gasteiger partial charge in [-0.1, -0.05) is 30.3 Å². The van der Waals surface area contributed by atoms with E-state index in [0.29, 0.717) is 33.9 Å². The number of nitrogens with zero attached hydrogens (tertiary/aromatic N) is 2. The molecule has 0 atom stereocenters. The average molecular weight is 601 g/mol. The largest absolute Gasteiger partial charge is 0.508 e. The molecule has 0 aliphatic carbocycles. The zero-order valence-electron chi connectivity index (χ0n) is 23.2. The molecule has 0 fully saturated rings. The average Bonchev–Trinajstić information content (AvgIpc) is 3.00. The highest BCUT2D eigenvalue weighted by molar-refractivity contribution is 7.92. The van der Waals surface area contributed by atoms with E-state index in [1.165, 1.54) is 44.6 Å². The molecule has 0 aliphatic rings. The number of sulfonamides is 1. The summed E-state index contributed by atoms with van der Waals surface area (Å²) < 4.78 is 40.0. The minimum atomic E-state index is -4.19. The number of ether oxygens (including phenoxy) is 2. The number of carbonyl (C=O) groups excluding carboxylic acids is 1. The Labute approximate surface area is 247 Å². The Morgan fingerprint density at radius 1 is 0.814 bits per heavy atom. The van der Waals surface area contributed by atoms with E-state index < -0.39 is 10.0 Å². The number of amides is 1. The molecule has 0 saturated heterocycles. The van der Waals surface area contributed by atoms with Crippen molar-refractivity contribution in [3.05, 3.63) is 91.0 Å². The number of benzene rings is 4. The molecule has 0 bridgehead atoms. The van der Waals surface area contributed by atoms with Crippen molar-refractivity contribution in [2.75, 3.05) is 41.4 Å². The lowest BCUT2D eigenvalue weighted by atomic mass is 10.2. The van der Waals surface area contributed by atoms with Gasteiger partial charge >= 0.3 is 0 Å². The Morgan fingerprint density at radius 2 is 1.53 bits per heavy atom. The van der Waals surface area contributed by atoms with Gasteiger partial charge in [-0.2, -0.15) is 0 Å². The maximum atomic E-state index is 13.5. The van der Waals surface area contributed by atoms with Crippen molar-refractivity contribution in [1.29, 1.82) is 0 Å². The minimum absolute atomic E-state index is 0.0605. The van der Waals surface area contributed by atoms with Crippen LogP contribution in [-0.4, -0.2) is 50.2 Å². The lowest BCUT2D eigenvalue weighted by Gasteiger charge is -2.15. The first-order chi connectivity index (χ1) is 20.7. The summed E-state index contributed by atoms with van der Waals surface area (Å²) in [7, 11) is -1.20. The summed E-state index contributed by atoms with van der Waals surface area (Å²) in [5.74, 6) is 0.549. The SMILES string of the molecule is COc1cc(O)cc(Nc2nc3ccccc3nc2NS(=O)(=O)c2cccc(NC(=O)CNc3ccccc3OC)c2)c1. The number of phenolic OH excluding ortho intramolecular Hbond substituents is 1. The molecule has 0 saturated carbocycles. The van der Waals surface area contributed by atoms with Crippen molar-refractivity contribution >= 4 is 55.7 Å². The molecule has 1 amide bonds. The standard InChI is InChI=1S/C30H28N6O6S/c1-41-22-15-20(14-21(37)17-22)33-29-30(35-25-11-4-3-10-24(25)34-29)36-43(39,40)23-9-7-8-19(16-23)32-28(38)18-31-26-12-5-6-13-27(26)42-2/h3-17,31,37H,18H2,1-2H3,(H,32,38)(H,33,34)(H,35,36). The molecule has 220 valence electrons. The molecule has 43 heavy (non-hydrogen) atoms. The van der Waals surface area contributed by atoms with Crippen LogP contribution in [0.5, 0.6) is 17.2 Å². The molecule has 5 aromatic rings. The van der Waals surface area contributed by atoms with Gasteiger partial charge in [0.2, 0.25) is 5.91 Å². The lowest BCUT2D eigenvalue weighted by molar-refractivity contribution is -0.114. The Kier molecular flexibility index (Phi) is 8.44. The van der Waals surface area contributed by atoms with Crippen molar-refractivity contribution in [1.82, 2.24) is 9.97 Å². The summed E-state index contributed by atoms with van der Waals surface area (Å²) in [5, 5.41) is 18.8. The van der Waals surface area contributed by atoms with E-state index in [-0.39, 0.29) is 40.4 Å². The molecule has 12 nitrogen and oxygen atoms in total. The summed E-state index contributed by atoms with van der Waals surface area (Å²) in [6, 6.07) is 24.5. The van der Waals surface area contributed by atoms with Crippen molar-refractivity contribution in [3.8, 4) is 17.2 Å². The van der Waals surface area contributed by atoms with Crippen molar-refractivity contribution in [2.24, 2.45) is 0 Å². The number of hydrogen-bond donors (Lipinski definition) is 5. The molecular weight excluding hydrogens is 572 g/mol. The normalized spacial score (nSPS) is 11.0. The summed E-state index contributed by atoms with van der Waals surface area (Å²) in [6.45, 7) is -0.0723. The number of carbonyl (C=O) groups is 1. The third-order valence-electron chi connectivity index (χ3n) is 6.17. The smallest absolute Gasteiger partial charge is 0.263 e. The second-order valence-electron chi connectivity index (χ2n) is 9.19. The Morgan fingerprint density at radius 3 is 2.28 bits per heavy atom. The van der Waals surface area contributed by atoms with E-state index in [9.17, 15) is 18.3 Å². The van der Waals surface area contributed by atoms with Crippen LogP contribution in [0.4, 0.5) is 28.7 Å². The number of hydrogen-bond acceptors (Lipinski definition) is 10. The van der Waals surface area contributed by atoms with Crippen LogP contribution in [0.3, 0.4) is 0 Å². The van der Waals surface area contributed by atoms with Crippen LogP contribution in [-0.2, 0) is 14.8 Å². The lowest BCUT2D eigenvalue weighted by Crippen LogP contribution is -2.22. The Balaban J connectivity index is 1.37. The third-order valence-corrected chi connectivity index (χ3v) is 7.50. The number of rotatable bonds is 11.